The molecule has 0 radical (unpaired) electrons. The van der Waals surface area contributed by atoms with E-state index in [2.05, 4.69) is 197 Å². The smallest absolute Gasteiger partial charge is 0.160 e. The number of nitrogens with zero attached hydrogens (tertiary/aromatic N) is 4. The standard InChI is InChI=1S/C58H40N4/c1-4-14-41(15-5-1)52-38-53(60-58(59-52)43-16-6-2-7-17-43)42-26-24-39(25-27-42)40-28-32-47(33-29-40)62-54-22-12-10-20-48(54)50-34-30-45(37-57(50)62)44-31-35-56-51(36-44)49-21-11-13-23-55(49)61(56)46-18-8-3-9-19-46/h1-18,20-38,46H,19H2. The van der Waals surface area contributed by atoms with E-state index >= 15 is 0 Å². The van der Waals surface area contributed by atoms with Crippen LogP contribution in [0.4, 0.5) is 0 Å². The second-order valence-corrected chi connectivity index (χ2v) is 16.1. The first kappa shape index (κ1) is 35.8. The fourth-order valence-electron chi connectivity index (χ4n) is 9.43. The molecule has 1 unspecified atom stereocenters. The molecular formula is C58H40N4. The highest BCUT2D eigenvalue weighted by Crippen LogP contribution is 2.39. The van der Waals surface area contributed by atoms with Gasteiger partial charge in [-0.25, -0.2) is 9.97 Å². The van der Waals surface area contributed by atoms with Gasteiger partial charge >= 0.3 is 0 Å². The van der Waals surface area contributed by atoms with Crippen LogP contribution in [0.3, 0.4) is 0 Å². The molecule has 0 amide bonds. The second kappa shape index (κ2) is 14.9. The molecular weight excluding hydrogens is 753 g/mol. The monoisotopic (exact) mass is 792 g/mol. The lowest BCUT2D eigenvalue weighted by atomic mass is 10.0. The summed E-state index contributed by atoms with van der Waals surface area (Å²) >= 11 is 0. The van der Waals surface area contributed by atoms with Gasteiger partial charge in [0.15, 0.2) is 5.82 Å². The summed E-state index contributed by atoms with van der Waals surface area (Å²) in [5.41, 5.74) is 15.7. The predicted octanol–water partition coefficient (Wildman–Crippen LogP) is 15.1. The second-order valence-electron chi connectivity index (χ2n) is 16.1. The molecule has 0 fully saturated rings. The van der Waals surface area contributed by atoms with Gasteiger partial charge in [-0.05, 0) is 77.2 Å². The molecule has 4 heteroatoms. The van der Waals surface area contributed by atoms with Crippen molar-refractivity contribution in [2.24, 2.45) is 0 Å². The van der Waals surface area contributed by atoms with Crippen LogP contribution in [0.25, 0.3) is 105 Å². The van der Waals surface area contributed by atoms with E-state index in [1.54, 1.807) is 0 Å². The number of hydrogen-bond acceptors (Lipinski definition) is 2. The zero-order valence-corrected chi connectivity index (χ0v) is 33.9. The molecule has 0 N–H and O–H groups in total. The van der Waals surface area contributed by atoms with Crippen molar-refractivity contribution in [1.29, 1.82) is 0 Å². The summed E-state index contributed by atoms with van der Waals surface area (Å²) in [5, 5.41) is 5.07. The van der Waals surface area contributed by atoms with Crippen LogP contribution in [0.15, 0.2) is 224 Å². The lowest BCUT2D eigenvalue weighted by Gasteiger charge is -2.18. The van der Waals surface area contributed by atoms with Crippen LogP contribution in [0, 0.1) is 0 Å². The molecule has 3 heterocycles. The average molecular weight is 793 g/mol. The van der Waals surface area contributed by atoms with E-state index in [1.165, 1.54) is 54.7 Å². The lowest BCUT2D eigenvalue weighted by Crippen LogP contribution is -2.06. The maximum Gasteiger partial charge on any atom is 0.160 e. The number of fused-ring (bicyclic) bond motifs is 6. The van der Waals surface area contributed by atoms with E-state index in [0.717, 1.165) is 51.3 Å². The van der Waals surface area contributed by atoms with E-state index in [-0.39, 0.29) is 0 Å². The molecule has 0 saturated heterocycles. The third kappa shape index (κ3) is 6.15. The van der Waals surface area contributed by atoms with Gasteiger partial charge in [-0.1, -0.05) is 176 Å². The summed E-state index contributed by atoms with van der Waals surface area (Å²) in [6.45, 7) is 0. The topological polar surface area (TPSA) is 35.6 Å². The Kier molecular flexibility index (Phi) is 8.60. The first-order chi connectivity index (χ1) is 30.7. The van der Waals surface area contributed by atoms with E-state index < -0.39 is 0 Å². The minimum Gasteiger partial charge on any atom is -0.333 e. The minimum atomic E-state index is 0.304. The van der Waals surface area contributed by atoms with Crippen LogP contribution in [0.1, 0.15) is 12.5 Å². The number of hydrogen-bond donors (Lipinski definition) is 0. The Morgan fingerprint density at radius 3 is 1.61 bits per heavy atom. The Hall–Kier alpha value is -8.08. The fraction of sp³-hybridized carbons (Fsp3) is 0.0345. The third-order valence-corrected chi connectivity index (χ3v) is 12.5. The van der Waals surface area contributed by atoms with Gasteiger partial charge in [-0.2, -0.15) is 0 Å². The molecule has 11 aromatic rings. The average Bonchev–Trinajstić information content (AvgIpc) is 3.87. The van der Waals surface area contributed by atoms with Crippen LogP contribution in [-0.4, -0.2) is 19.1 Å². The Morgan fingerprint density at radius 1 is 0.371 bits per heavy atom. The Morgan fingerprint density at radius 2 is 0.903 bits per heavy atom. The van der Waals surface area contributed by atoms with Crippen LogP contribution in [0.5, 0.6) is 0 Å². The Balaban J connectivity index is 0.898. The largest absolute Gasteiger partial charge is 0.333 e. The number of aromatic nitrogens is 4. The maximum atomic E-state index is 5.04. The van der Waals surface area contributed by atoms with Crippen LogP contribution >= 0.6 is 0 Å². The molecule has 0 spiro atoms. The van der Waals surface area contributed by atoms with Crippen molar-refractivity contribution in [3.05, 3.63) is 224 Å². The normalized spacial score (nSPS) is 13.8. The summed E-state index contributed by atoms with van der Waals surface area (Å²) < 4.78 is 4.92. The summed E-state index contributed by atoms with van der Waals surface area (Å²) in [4.78, 5) is 10.0. The van der Waals surface area contributed by atoms with Crippen molar-refractivity contribution in [3.63, 3.8) is 0 Å². The van der Waals surface area contributed by atoms with E-state index in [1.807, 2.05) is 36.4 Å². The van der Waals surface area contributed by atoms with Crippen molar-refractivity contribution < 1.29 is 0 Å². The molecule has 1 aliphatic carbocycles. The number of allylic oxidation sites excluding steroid dienone is 4. The van der Waals surface area contributed by atoms with Crippen LogP contribution in [-0.2, 0) is 0 Å². The lowest BCUT2D eigenvalue weighted by molar-refractivity contribution is 0.648. The molecule has 1 atom stereocenters. The number of para-hydroxylation sites is 2. The van der Waals surface area contributed by atoms with Crippen molar-refractivity contribution in [2.75, 3.05) is 0 Å². The molecule has 0 aliphatic heterocycles. The van der Waals surface area contributed by atoms with E-state index in [4.69, 9.17) is 9.97 Å². The zero-order chi connectivity index (χ0) is 41.0. The number of rotatable bonds is 7. The highest BCUT2D eigenvalue weighted by atomic mass is 15.0. The van der Waals surface area contributed by atoms with Gasteiger partial charge in [0, 0.05) is 55.0 Å². The summed E-state index contributed by atoms with van der Waals surface area (Å²) in [7, 11) is 0. The van der Waals surface area contributed by atoms with Gasteiger partial charge in [0.25, 0.3) is 0 Å². The van der Waals surface area contributed by atoms with Gasteiger partial charge in [-0.15, -0.1) is 0 Å². The van der Waals surface area contributed by atoms with Crippen LogP contribution in [0.2, 0.25) is 0 Å². The van der Waals surface area contributed by atoms with Gasteiger partial charge in [0.1, 0.15) is 0 Å². The first-order valence-electron chi connectivity index (χ1n) is 21.3. The van der Waals surface area contributed by atoms with Crippen LogP contribution < -0.4 is 0 Å². The van der Waals surface area contributed by atoms with Gasteiger partial charge in [-0.3, -0.25) is 0 Å². The van der Waals surface area contributed by atoms with Gasteiger partial charge in [0.2, 0.25) is 0 Å². The number of benzene rings is 8. The van der Waals surface area contributed by atoms with E-state index in [0.29, 0.717) is 11.9 Å². The SMILES string of the molecule is C1=CCC(n2c3ccccc3c3cc(-c4ccc5c6ccccc6n(-c6ccc(-c7ccc(-c8cc(-c9ccccc9)nc(-c9ccccc9)n8)cc7)cc6)c5c4)ccc32)C=C1. The highest BCUT2D eigenvalue weighted by molar-refractivity contribution is 6.12. The molecule has 292 valence electrons. The van der Waals surface area contributed by atoms with Crippen molar-refractivity contribution in [1.82, 2.24) is 19.1 Å². The molecule has 0 saturated carbocycles. The molecule has 8 aromatic carbocycles. The Labute approximate surface area is 360 Å². The summed E-state index contributed by atoms with van der Waals surface area (Å²) in [6.07, 6.45) is 9.91. The fourth-order valence-corrected chi connectivity index (χ4v) is 9.43. The quantitative estimate of drug-likeness (QED) is 0.161. The summed E-state index contributed by atoms with van der Waals surface area (Å²) in [6, 6.07) is 72.2. The van der Waals surface area contributed by atoms with Gasteiger partial charge in [0.05, 0.1) is 28.5 Å². The molecule has 1 aliphatic rings. The molecule has 4 nitrogen and oxygen atoms in total. The van der Waals surface area contributed by atoms with Crippen molar-refractivity contribution in [3.8, 4) is 61.8 Å². The van der Waals surface area contributed by atoms with Gasteiger partial charge < -0.3 is 9.13 Å². The Bertz CT molecular complexity index is 3460. The highest BCUT2D eigenvalue weighted by Gasteiger charge is 2.19. The zero-order valence-electron chi connectivity index (χ0n) is 33.9. The minimum absolute atomic E-state index is 0.304. The molecule has 12 rings (SSSR count). The first-order valence-corrected chi connectivity index (χ1v) is 21.3. The maximum absolute atomic E-state index is 5.04. The van der Waals surface area contributed by atoms with Crippen molar-refractivity contribution >= 4 is 43.6 Å². The van der Waals surface area contributed by atoms with Crippen molar-refractivity contribution in [2.45, 2.75) is 12.5 Å². The molecule has 3 aromatic heterocycles. The van der Waals surface area contributed by atoms with E-state index in [9.17, 15) is 0 Å². The molecule has 0 bridgehead atoms. The summed E-state index contributed by atoms with van der Waals surface area (Å²) in [5.74, 6) is 0.717. The predicted molar refractivity (Wildman–Crippen MR) is 258 cm³/mol. The molecule has 62 heavy (non-hydrogen) atoms. The third-order valence-electron chi connectivity index (χ3n) is 12.5.